The lowest BCUT2D eigenvalue weighted by Gasteiger charge is -2.21. The summed E-state index contributed by atoms with van der Waals surface area (Å²) in [5.41, 5.74) is 0. The molecule has 0 N–H and O–H groups in total. The van der Waals surface area contributed by atoms with E-state index in [0.717, 1.165) is 12.8 Å². The summed E-state index contributed by atoms with van der Waals surface area (Å²) in [7, 11) is 1.70. The predicted octanol–water partition coefficient (Wildman–Crippen LogP) is 3.04. The number of halogens is 4. The molecule has 0 fully saturated rings. The molecule has 0 aliphatic rings. The largest absolute Gasteiger partial charge is 0.402 e. The average Bonchev–Trinajstić information content (AvgIpc) is 1.99. The van der Waals surface area contributed by atoms with Crippen LogP contribution in [0, 0.1) is 0 Å². The van der Waals surface area contributed by atoms with Crippen LogP contribution in [0.15, 0.2) is 0 Å². The Balaban J connectivity index is 3.71. The van der Waals surface area contributed by atoms with Crippen LogP contribution in [-0.2, 0) is 0 Å². The first-order valence-electron chi connectivity index (χ1n) is 4.27. The minimum Gasteiger partial charge on any atom is -0.305 e. The summed E-state index contributed by atoms with van der Waals surface area (Å²) < 4.78 is 36.2. The summed E-state index contributed by atoms with van der Waals surface area (Å²) in [6.45, 7) is 2.75. The van der Waals surface area contributed by atoms with E-state index in [2.05, 4.69) is 15.9 Å². The lowest BCUT2D eigenvalue weighted by molar-refractivity contribution is -0.129. The van der Waals surface area contributed by atoms with Gasteiger partial charge in [-0.15, -0.1) is 0 Å². The van der Waals surface area contributed by atoms with Crippen LogP contribution in [0.2, 0.25) is 0 Å². The molecule has 0 bridgehead atoms. The average molecular weight is 262 g/mol. The van der Waals surface area contributed by atoms with Crippen molar-refractivity contribution in [2.24, 2.45) is 0 Å². The van der Waals surface area contributed by atoms with Gasteiger partial charge in [-0.2, -0.15) is 13.2 Å². The monoisotopic (exact) mass is 261 g/mol. The van der Waals surface area contributed by atoms with E-state index in [0.29, 0.717) is 6.54 Å². The molecule has 0 rings (SSSR count). The Morgan fingerprint density at radius 1 is 1.38 bits per heavy atom. The Kier molecular flexibility index (Phi) is 5.96. The third-order valence-corrected chi connectivity index (χ3v) is 2.53. The molecule has 80 valence electrons. The quantitative estimate of drug-likeness (QED) is 0.688. The Hall–Kier alpha value is 0.230. The fourth-order valence-corrected chi connectivity index (χ4v) is 1.39. The second-order valence-corrected chi connectivity index (χ2v) is 4.23. The van der Waals surface area contributed by atoms with Crippen molar-refractivity contribution in [3.05, 3.63) is 0 Å². The van der Waals surface area contributed by atoms with Crippen molar-refractivity contribution in [1.82, 2.24) is 4.90 Å². The molecule has 0 aromatic heterocycles. The van der Waals surface area contributed by atoms with E-state index in [1.807, 2.05) is 6.92 Å². The van der Waals surface area contributed by atoms with Gasteiger partial charge in [-0.1, -0.05) is 29.3 Å². The second-order valence-electron chi connectivity index (χ2n) is 3.12. The molecule has 0 saturated carbocycles. The molecule has 0 amide bonds. The molecule has 0 saturated heterocycles. The highest BCUT2D eigenvalue weighted by Gasteiger charge is 2.37. The Morgan fingerprint density at radius 2 is 1.92 bits per heavy atom. The van der Waals surface area contributed by atoms with Gasteiger partial charge in [-0.3, -0.25) is 0 Å². The zero-order chi connectivity index (χ0) is 10.5. The van der Waals surface area contributed by atoms with Crippen molar-refractivity contribution < 1.29 is 13.2 Å². The molecule has 5 heteroatoms. The number of alkyl halides is 4. The normalized spacial score (nSPS) is 15.0. The molecular weight excluding hydrogens is 247 g/mol. The molecule has 0 aromatic carbocycles. The van der Waals surface area contributed by atoms with Crippen molar-refractivity contribution in [2.75, 3.05) is 20.1 Å². The van der Waals surface area contributed by atoms with Crippen LogP contribution >= 0.6 is 15.9 Å². The summed E-state index contributed by atoms with van der Waals surface area (Å²) in [6.07, 6.45) is -2.20. The zero-order valence-corrected chi connectivity index (χ0v) is 9.45. The van der Waals surface area contributed by atoms with E-state index in [-0.39, 0.29) is 6.54 Å². The summed E-state index contributed by atoms with van der Waals surface area (Å²) >= 11 is 2.62. The topological polar surface area (TPSA) is 3.24 Å². The summed E-state index contributed by atoms with van der Waals surface area (Å²) in [5.74, 6) is 0. The van der Waals surface area contributed by atoms with E-state index in [1.165, 1.54) is 0 Å². The maximum absolute atomic E-state index is 12.1. The number of hydrogen-bond acceptors (Lipinski definition) is 1. The van der Waals surface area contributed by atoms with Crippen LogP contribution in [0.3, 0.4) is 0 Å². The molecule has 0 heterocycles. The summed E-state index contributed by atoms with van der Waals surface area (Å²) in [5, 5.41) is 0. The van der Waals surface area contributed by atoms with Crippen molar-refractivity contribution in [2.45, 2.75) is 30.8 Å². The first kappa shape index (κ1) is 13.2. The molecule has 1 unspecified atom stereocenters. The third-order valence-electron chi connectivity index (χ3n) is 1.72. The van der Waals surface area contributed by atoms with Crippen molar-refractivity contribution in [3.63, 3.8) is 0 Å². The van der Waals surface area contributed by atoms with Crippen LogP contribution in [-0.4, -0.2) is 36.0 Å². The predicted molar refractivity (Wildman–Crippen MR) is 51.2 cm³/mol. The molecule has 13 heavy (non-hydrogen) atoms. The standard InChI is InChI=1S/C8H15BrF3N/c1-3-4-5-13(2)6-7(9)8(10,11)12/h7H,3-6H2,1-2H3. The lowest BCUT2D eigenvalue weighted by atomic mass is 10.3. The SMILES string of the molecule is CCCCN(C)CC(Br)C(F)(F)F. The van der Waals surface area contributed by atoms with Crippen LogP contribution in [0.4, 0.5) is 13.2 Å². The highest BCUT2D eigenvalue weighted by Crippen LogP contribution is 2.26. The maximum Gasteiger partial charge on any atom is 0.402 e. The van der Waals surface area contributed by atoms with Gasteiger partial charge in [-0.25, -0.2) is 0 Å². The van der Waals surface area contributed by atoms with Gasteiger partial charge in [0.05, 0.1) is 0 Å². The third kappa shape index (κ3) is 6.32. The first-order valence-corrected chi connectivity index (χ1v) is 5.18. The molecule has 1 nitrogen and oxygen atoms in total. The van der Waals surface area contributed by atoms with Crippen molar-refractivity contribution >= 4 is 15.9 Å². The Labute approximate surface area is 85.4 Å². The van der Waals surface area contributed by atoms with E-state index in [4.69, 9.17) is 0 Å². The molecule has 0 aliphatic carbocycles. The number of nitrogens with zero attached hydrogens (tertiary/aromatic N) is 1. The Bertz CT molecular complexity index is 138. The molecule has 0 radical (unpaired) electrons. The fourth-order valence-electron chi connectivity index (χ4n) is 0.896. The maximum atomic E-state index is 12.1. The van der Waals surface area contributed by atoms with E-state index in [9.17, 15) is 13.2 Å². The number of unbranched alkanes of at least 4 members (excludes halogenated alkanes) is 1. The Morgan fingerprint density at radius 3 is 2.31 bits per heavy atom. The fraction of sp³-hybridized carbons (Fsp3) is 1.00. The van der Waals surface area contributed by atoms with Gasteiger partial charge < -0.3 is 4.90 Å². The van der Waals surface area contributed by atoms with E-state index < -0.39 is 11.0 Å². The van der Waals surface area contributed by atoms with E-state index in [1.54, 1.807) is 11.9 Å². The smallest absolute Gasteiger partial charge is 0.305 e. The minimum atomic E-state index is -4.14. The highest BCUT2D eigenvalue weighted by atomic mass is 79.9. The van der Waals surface area contributed by atoms with Gasteiger partial charge in [0.1, 0.15) is 4.83 Å². The minimum absolute atomic E-state index is 0.0174. The summed E-state index contributed by atoms with van der Waals surface area (Å²) in [6, 6.07) is 0. The molecular formula is C8H15BrF3N. The van der Waals surface area contributed by atoms with Crippen molar-refractivity contribution in [3.8, 4) is 0 Å². The molecule has 0 spiro atoms. The van der Waals surface area contributed by atoms with Crippen molar-refractivity contribution in [1.29, 1.82) is 0 Å². The molecule has 0 aliphatic heterocycles. The van der Waals surface area contributed by atoms with Gasteiger partial charge in [0.2, 0.25) is 0 Å². The van der Waals surface area contributed by atoms with Crippen LogP contribution in [0.1, 0.15) is 19.8 Å². The van der Waals surface area contributed by atoms with Gasteiger partial charge in [0.25, 0.3) is 0 Å². The van der Waals surface area contributed by atoms with Crippen LogP contribution < -0.4 is 0 Å². The van der Waals surface area contributed by atoms with E-state index >= 15 is 0 Å². The van der Waals surface area contributed by atoms with Crippen LogP contribution in [0.25, 0.3) is 0 Å². The van der Waals surface area contributed by atoms with Crippen LogP contribution in [0.5, 0.6) is 0 Å². The second kappa shape index (κ2) is 5.86. The van der Waals surface area contributed by atoms with Gasteiger partial charge in [-0.05, 0) is 20.0 Å². The number of hydrogen-bond donors (Lipinski definition) is 0. The van der Waals surface area contributed by atoms with Gasteiger partial charge in [0, 0.05) is 6.54 Å². The van der Waals surface area contributed by atoms with Gasteiger partial charge in [0.15, 0.2) is 0 Å². The first-order chi connectivity index (χ1) is 5.88. The summed E-state index contributed by atoms with van der Waals surface area (Å²) in [4.78, 5) is 0.276. The number of rotatable bonds is 5. The molecule has 1 atom stereocenters. The highest BCUT2D eigenvalue weighted by molar-refractivity contribution is 9.09. The molecule has 0 aromatic rings. The zero-order valence-electron chi connectivity index (χ0n) is 7.86. The van der Waals surface area contributed by atoms with Gasteiger partial charge >= 0.3 is 6.18 Å². The lowest BCUT2D eigenvalue weighted by Crippen LogP contribution is -2.35.